The number of amides is 1. The highest BCUT2D eigenvalue weighted by atomic mass is 32.2. The van der Waals surface area contributed by atoms with Crippen LogP contribution in [0.4, 0.5) is 5.69 Å². The molecule has 2 aromatic carbocycles. The Hall–Kier alpha value is -2.89. The van der Waals surface area contributed by atoms with Gasteiger partial charge in [0.2, 0.25) is 15.9 Å². The molecule has 0 aliphatic heterocycles. The molecule has 0 spiro atoms. The number of aryl methyl sites for hydroxylation is 2. The third-order valence-corrected chi connectivity index (χ3v) is 6.68. The first-order chi connectivity index (χ1) is 15.1. The quantitative estimate of drug-likeness (QED) is 0.377. The Bertz CT molecular complexity index is 1280. The van der Waals surface area contributed by atoms with Crippen molar-refractivity contribution >= 4 is 50.4 Å². The number of ether oxygens (including phenoxy) is 1. The van der Waals surface area contributed by atoms with Crippen molar-refractivity contribution in [1.29, 1.82) is 0 Å². The Morgan fingerprint density at radius 3 is 2.59 bits per heavy atom. The average molecular weight is 477 g/mol. The predicted molar refractivity (Wildman–Crippen MR) is 123 cm³/mol. The van der Waals surface area contributed by atoms with Crippen LogP contribution < -0.4 is 10.5 Å². The first-order valence-corrected chi connectivity index (χ1v) is 12.4. The summed E-state index contributed by atoms with van der Waals surface area (Å²) in [5.41, 5.74) is 2.74. The van der Waals surface area contributed by atoms with Crippen molar-refractivity contribution in [2.75, 3.05) is 17.7 Å². The molecular formula is C21H24N4O5S2. The van der Waals surface area contributed by atoms with E-state index in [0.717, 1.165) is 5.52 Å². The number of esters is 1. The first kappa shape index (κ1) is 23.8. The number of imidazole rings is 1. The van der Waals surface area contributed by atoms with E-state index in [2.05, 4.69) is 10.3 Å². The van der Waals surface area contributed by atoms with Crippen LogP contribution in [-0.4, -0.2) is 42.2 Å². The molecule has 1 amide bonds. The van der Waals surface area contributed by atoms with E-state index < -0.39 is 16.0 Å². The molecule has 0 fully saturated rings. The number of nitrogens with one attached hydrogen (secondary N) is 1. The SMILES string of the molecule is CCOC(=O)c1ccc2c(c1)nc(SCC(=O)Nc1ccc(C)c(S(N)(=O)=O)c1)n2CC. The molecular weight excluding hydrogens is 452 g/mol. The summed E-state index contributed by atoms with van der Waals surface area (Å²) in [4.78, 5) is 29.0. The molecule has 1 heterocycles. The minimum absolute atomic E-state index is 0.0341. The Balaban J connectivity index is 1.75. The minimum Gasteiger partial charge on any atom is -0.462 e. The number of primary sulfonamides is 1. The summed E-state index contributed by atoms with van der Waals surface area (Å²) in [5, 5.41) is 8.54. The van der Waals surface area contributed by atoms with Gasteiger partial charge >= 0.3 is 5.97 Å². The lowest BCUT2D eigenvalue weighted by Gasteiger charge is -2.09. The second kappa shape index (κ2) is 9.72. The minimum atomic E-state index is -3.89. The van der Waals surface area contributed by atoms with Gasteiger partial charge in [-0.05, 0) is 56.7 Å². The number of sulfonamides is 1. The van der Waals surface area contributed by atoms with Gasteiger partial charge in [0, 0.05) is 12.2 Å². The molecule has 0 aliphatic rings. The molecule has 0 bridgehead atoms. The van der Waals surface area contributed by atoms with Crippen LogP contribution in [-0.2, 0) is 26.1 Å². The maximum absolute atomic E-state index is 12.5. The largest absolute Gasteiger partial charge is 0.462 e. The Labute approximate surface area is 190 Å². The molecule has 0 unspecified atom stereocenters. The van der Waals surface area contributed by atoms with Gasteiger partial charge in [-0.15, -0.1) is 0 Å². The van der Waals surface area contributed by atoms with E-state index in [1.165, 1.54) is 17.8 Å². The lowest BCUT2D eigenvalue weighted by molar-refractivity contribution is -0.113. The second-order valence-electron chi connectivity index (χ2n) is 6.92. The van der Waals surface area contributed by atoms with Gasteiger partial charge in [0.05, 0.1) is 33.9 Å². The molecule has 3 N–H and O–H groups in total. The van der Waals surface area contributed by atoms with E-state index in [0.29, 0.717) is 34.0 Å². The fraction of sp³-hybridized carbons (Fsp3) is 0.286. The van der Waals surface area contributed by atoms with E-state index >= 15 is 0 Å². The number of nitrogens with zero attached hydrogens (tertiary/aromatic N) is 2. The number of benzene rings is 2. The summed E-state index contributed by atoms with van der Waals surface area (Å²) in [6.45, 7) is 6.26. The zero-order chi connectivity index (χ0) is 23.5. The highest BCUT2D eigenvalue weighted by Crippen LogP contribution is 2.26. The van der Waals surface area contributed by atoms with Gasteiger partial charge in [0.25, 0.3) is 0 Å². The van der Waals surface area contributed by atoms with Gasteiger partial charge in [-0.1, -0.05) is 17.8 Å². The third-order valence-electron chi connectivity index (χ3n) is 4.65. The zero-order valence-corrected chi connectivity index (χ0v) is 19.5. The monoisotopic (exact) mass is 476 g/mol. The van der Waals surface area contributed by atoms with Crippen molar-refractivity contribution in [1.82, 2.24) is 9.55 Å². The van der Waals surface area contributed by atoms with E-state index in [-0.39, 0.29) is 23.2 Å². The number of hydrogen-bond donors (Lipinski definition) is 2. The molecule has 0 saturated carbocycles. The number of carbonyl (C=O) groups is 2. The molecule has 9 nitrogen and oxygen atoms in total. The maximum atomic E-state index is 12.5. The first-order valence-electron chi connectivity index (χ1n) is 9.87. The van der Waals surface area contributed by atoms with E-state index in [1.54, 1.807) is 38.1 Å². The Kier molecular flexibility index (Phi) is 7.22. The number of aromatic nitrogens is 2. The van der Waals surface area contributed by atoms with Crippen LogP contribution in [0.3, 0.4) is 0 Å². The van der Waals surface area contributed by atoms with Gasteiger partial charge in [0.15, 0.2) is 5.16 Å². The third kappa shape index (κ3) is 5.29. The van der Waals surface area contributed by atoms with Crippen molar-refractivity contribution < 1.29 is 22.7 Å². The van der Waals surface area contributed by atoms with Crippen molar-refractivity contribution in [3.8, 4) is 0 Å². The predicted octanol–water partition coefficient (Wildman–Crippen LogP) is 2.92. The molecule has 32 heavy (non-hydrogen) atoms. The van der Waals surface area contributed by atoms with Gasteiger partial charge < -0.3 is 14.6 Å². The fourth-order valence-electron chi connectivity index (χ4n) is 3.18. The highest BCUT2D eigenvalue weighted by Gasteiger charge is 2.16. The second-order valence-corrected chi connectivity index (χ2v) is 9.40. The number of carbonyl (C=O) groups excluding carboxylic acids is 2. The number of rotatable bonds is 8. The van der Waals surface area contributed by atoms with Crippen molar-refractivity contribution in [2.24, 2.45) is 5.14 Å². The number of thioether (sulfide) groups is 1. The summed E-state index contributed by atoms with van der Waals surface area (Å²) in [6, 6.07) is 9.71. The Morgan fingerprint density at radius 1 is 1.19 bits per heavy atom. The van der Waals surface area contributed by atoms with Gasteiger partial charge in [-0.3, -0.25) is 4.79 Å². The summed E-state index contributed by atoms with van der Waals surface area (Å²) < 4.78 is 30.4. The number of anilines is 1. The summed E-state index contributed by atoms with van der Waals surface area (Å²) in [7, 11) is -3.89. The van der Waals surface area contributed by atoms with Crippen LogP contribution in [0.15, 0.2) is 46.5 Å². The fourth-order valence-corrected chi connectivity index (χ4v) is 4.86. The van der Waals surface area contributed by atoms with E-state index in [4.69, 9.17) is 9.88 Å². The van der Waals surface area contributed by atoms with Gasteiger partial charge in [0.1, 0.15) is 0 Å². The number of nitrogens with two attached hydrogens (primary N) is 1. The lowest BCUT2D eigenvalue weighted by atomic mass is 10.2. The molecule has 0 aliphatic carbocycles. The molecule has 11 heteroatoms. The summed E-state index contributed by atoms with van der Waals surface area (Å²) in [5.74, 6) is -0.667. The molecule has 0 saturated heterocycles. The van der Waals surface area contributed by atoms with Crippen LogP contribution >= 0.6 is 11.8 Å². The van der Waals surface area contributed by atoms with E-state index in [9.17, 15) is 18.0 Å². The van der Waals surface area contributed by atoms with Crippen molar-refractivity contribution in [3.05, 3.63) is 47.5 Å². The van der Waals surface area contributed by atoms with Crippen LogP contribution in [0.5, 0.6) is 0 Å². The molecule has 0 radical (unpaired) electrons. The van der Waals surface area contributed by atoms with Gasteiger partial charge in [-0.25, -0.2) is 23.3 Å². The molecule has 1 aromatic heterocycles. The smallest absolute Gasteiger partial charge is 0.338 e. The van der Waals surface area contributed by atoms with Gasteiger partial charge in [-0.2, -0.15) is 0 Å². The van der Waals surface area contributed by atoms with Crippen LogP contribution in [0.1, 0.15) is 29.8 Å². The molecule has 0 atom stereocenters. The van der Waals surface area contributed by atoms with Crippen LogP contribution in [0, 0.1) is 6.92 Å². The lowest BCUT2D eigenvalue weighted by Crippen LogP contribution is -2.17. The topological polar surface area (TPSA) is 133 Å². The normalized spacial score (nSPS) is 11.5. The standard InChI is InChI=1S/C21H24N4O5S2/c1-4-25-17-9-7-14(20(27)30-5-2)10-16(17)24-21(25)31-12-19(26)23-15-8-6-13(3)18(11-15)32(22,28)29/h6-11H,4-5,12H2,1-3H3,(H,23,26)(H2,22,28,29). The van der Waals surface area contributed by atoms with Crippen LogP contribution in [0.2, 0.25) is 0 Å². The maximum Gasteiger partial charge on any atom is 0.338 e. The van der Waals surface area contributed by atoms with Crippen LogP contribution in [0.25, 0.3) is 11.0 Å². The molecule has 3 aromatic rings. The van der Waals surface area contributed by atoms with E-state index in [1.807, 2.05) is 17.6 Å². The van der Waals surface area contributed by atoms with Crippen molar-refractivity contribution in [3.63, 3.8) is 0 Å². The summed E-state index contributed by atoms with van der Waals surface area (Å²) in [6.07, 6.45) is 0. The number of hydrogen-bond acceptors (Lipinski definition) is 7. The number of fused-ring (bicyclic) bond motifs is 1. The average Bonchev–Trinajstić information content (AvgIpc) is 3.09. The van der Waals surface area contributed by atoms with Crippen molar-refractivity contribution in [2.45, 2.75) is 37.4 Å². The Morgan fingerprint density at radius 2 is 1.94 bits per heavy atom. The summed E-state index contributed by atoms with van der Waals surface area (Å²) >= 11 is 1.24. The highest BCUT2D eigenvalue weighted by molar-refractivity contribution is 7.99. The molecule has 170 valence electrons. The zero-order valence-electron chi connectivity index (χ0n) is 17.9. The molecule has 3 rings (SSSR count).